The van der Waals surface area contributed by atoms with E-state index in [1.807, 2.05) is 30.3 Å². The zero-order valence-electron chi connectivity index (χ0n) is 15.3. The Balaban J connectivity index is 1.50. The maximum atomic E-state index is 13.1. The summed E-state index contributed by atoms with van der Waals surface area (Å²) >= 11 is 6.17. The molecule has 2 heterocycles. The van der Waals surface area contributed by atoms with Crippen molar-refractivity contribution in [3.8, 4) is 11.4 Å². The Bertz CT molecular complexity index is 952. The second-order valence-corrected chi connectivity index (χ2v) is 7.42. The third-order valence-electron chi connectivity index (χ3n) is 5.19. The van der Waals surface area contributed by atoms with E-state index in [2.05, 4.69) is 15.1 Å². The molecule has 1 aromatic carbocycles. The van der Waals surface area contributed by atoms with Crippen LogP contribution in [0.2, 0.25) is 5.02 Å². The lowest BCUT2D eigenvalue weighted by Gasteiger charge is -2.35. The molecule has 0 unspecified atom stereocenters. The van der Waals surface area contributed by atoms with E-state index in [0.717, 1.165) is 43.2 Å². The quantitative estimate of drug-likeness (QED) is 0.579. The molecular weight excluding hydrogens is 378 g/mol. The summed E-state index contributed by atoms with van der Waals surface area (Å²) in [5.41, 5.74) is 0.979. The molecular formula is C21H20ClN3O3. The van der Waals surface area contributed by atoms with Crippen molar-refractivity contribution in [3.63, 3.8) is 0 Å². The third kappa shape index (κ3) is 3.78. The molecule has 0 amide bonds. The van der Waals surface area contributed by atoms with Crippen molar-refractivity contribution < 1.29 is 14.1 Å². The maximum absolute atomic E-state index is 13.1. The van der Waals surface area contributed by atoms with E-state index < -0.39 is 5.41 Å². The van der Waals surface area contributed by atoms with Crippen molar-refractivity contribution >= 4 is 17.6 Å². The molecule has 1 fully saturated rings. The van der Waals surface area contributed by atoms with Gasteiger partial charge in [0, 0.05) is 23.0 Å². The van der Waals surface area contributed by atoms with Crippen LogP contribution in [0.25, 0.3) is 11.4 Å². The lowest BCUT2D eigenvalue weighted by atomic mass is 9.69. The number of esters is 1. The molecule has 144 valence electrons. The van der Waals surface area contributed by atoms with Crippen molar-refractivity contribution in [2.24, 2.45) is 0 Å². The Morgan fingerprint density at radius 2 is 2.04 bits per heavy atom. The van der Waals surface area contributed by atoms with E-state index in [1.54, 1.807) is 18.5 Å². The van der Waals surface area contributed by atoms with E-state index in [4.69, 9.17) is 20.9 Å². The molecule has 1 aliphatic carbocycles. The summed E-state index contributed by atoms with van der Waals surface area (Å²) in [7, 11) is 0. The van der Waals surface area contributed by atoms with E-state index in [1.165, 1.54) is 0 Å². The van der Waals surface area contributed by atoms with Gasteiger partial charge in [-0.25, -0.2) is 0 Å². The maximum Gasteiger partial charge on any atom is 0.317 e. The summed E-state index contributed by atoms with van der Waals surface area (Å²) in [6.45, 7) is -0.0611. The molecule has 28 heavy (non-hydrogen) atoms. The van der Waals surface area contributed by atoms with Gasteiger partial charge in [-0.05, 0) is 42.7 Å². The van der Waals surface area contributed by atoms with Crippen LogP contribution in [0.1, 0.15) is 43.6 Å². The number of carbonyl (C=O) groups is 1. The number of hydrogen-bond donors (Lipinski definition) is 0. The molecule has 7 heteroatoms. The number of pyridine rings is 1. The van der Waals surface area contributed by atoms with Gasteiger partial charge in [-0.15, -0.1) is 0 Å². The van der Waals surface area contributed by atoms with Gasteiger partial charge in [0.25, 0.3) is 5.89 Å². The van der Waals surface area contributed by atoms with E-state index in [-0.39, 0.29) is 18.5 Å². The normalized spacial score (nSPS) is 15.9. The number of nitrogens with zero attached hydrogens (tertiary/aromatic N) is 3. The second-order valence-electron chi connectivity index (χ2n) is 6.98. The highest BCUT2D eigenvalue weighted by molar-refractivity contribution is 6.30. The van der Waals surface area contributed by atoms with Crippen LogP contribution in [0, 0.1) is 0 Å². The minimum atomic E-state index is -0.671. The van der Waals surface area contributed by atoms with Crippen LogP contribution in [0.3, 0.4) is 0 Å². The zero-order valence-corrected chi connectivity index (χ0v) is 16.1. The molecule has 0 aliphatic heterocycles. The Hall–Kier alpha value is -2.73. The smallest absolute Gasteiger partial charge is 0.317 e. The summed E-state index contributed by atoms with van der Waals surface area (Å²) in [5.74, 6) is 0.404. The molecule has 3 aromatic rings. The average Bonchev–Trinajstić information content (AvgIpc) is 3.22. The van der Waals surface area contributed by atoms with Gasteiger partial charge in [0.05, 0.1) is 5.41 Å². The molecule has 1 saturated carbocycles. The van der Waals surface area contributed by atoms with E-state index in [9.17, 15) is 4.79 Å². The van der Waals surface area contributed by atoms with Gasteiger partial charge in [-0.1, -0.05) is 48.2 Å². The first-order chi connectivity index (χ1) is 13.7. The van der Waals surface area contributed by atoms with Crippen LogP contribution < -0.4 is 0 Å². The Labute approximate surface area is 167 Å². The van der Waals surface area contributed by atoms with Crippen molar-refractivity contribution in [2.75, 3.05) is 0 Å². The van der Waals surface area contributed by atoms with Crippen LogP contribution in [0.15, 0.2) is 53.3 Å². The zero-order chi connectivity index (χ0) is 19.4. The summed E-state index contributed by atoms with van der Waals surface area (Å²) in [5, 5.41) is 4.55. The summed E-state index contributed by atoms with van der Waals surface area (Å²) < 4.78 is 10.8. The molecule has 1 aliphatic rings. The SMILES string of the molecule is O=C(OCc1nc(-c2cccnc2)no1)C1(c2cccc(Cl)c2)CCCCC1. The number of hydrogen-bond acceptors (Lipinski definition) is 6. The fraction of sp³-hybridized carbons (Fsp3) is 0.333. The minimum Gasteiger partial charge on any atom is -0.455 e. The number of halogens is 1. The van der Waals surface area contributed by atoms with Gasteiger partial charge in [0.1, 0.15) is 0 Å². The standard InChI is InChI=1S/C21H20ClN3O3/c22-17-8-4-7-16(12-17)21(9-2-1-3-10-21)20(26)27-14-18-24-19(25-28-18)15-6-5-11-23-13-15/h4-8,11-13H,1-3,9-10,14H2. The molecule has 6 nitrogen and oxygen atoms in total. The first-order valence-electron chi connectivity index (χ1n) is 9.34. The van der Waals surface area contributed by atoms with E-state index >= 15 is 0 Å². The highest BCUT2D eigenvalue weighted by Crippen LogP contribution is 2.41. The van der Waals surface area contributed by atoms with Crippen molar-refractivity contribution in [3.05, 3.63) is 65.3 Å². The van der Waals surface area contributed by atoms with Gasteiger partial charge in [0.15, 0.2) is 6.61 Å². The highest BCUT2D eigenvalue weighted by atomic mass is 35.5. The van der Waals surface area contributed by atoms with Crippen LogP contribution >= 0.6 is 11.6 Å². The first kappa shape index (κ1) is 18.6. The van der Waals surface area contributed by atoms with Gasteiger partial charge in [-0.2, -0.15) is 4.98 Å². The fourth-order valence-electron chi connectivity index (χ4n) is 3.74. The number of rotatable bonds is 5. The molecule has 0 saturated heterocycles. The van der Waals surface area contributed by atoms with Crippen molar-refractivity contribution in [2.45, 2.75) is 44.1 Å². The number of ether oxygens (including phenoxy) is 1. The second kappa shape index (κ2) is 8.10. The monoisotopic (exact) mass is 397 g/mol. The number of aromatic nitrogens is 3. The molecule has 0 bridgehead atoms. The largest absolute Gasteiger partial charge is 0.455 e. The van der Waals surface area contributed by atoms with Crippen LogP contribution in [0.5, 0.6) is 0 Å². The van der Waals surface area contributed by atoms with Crippen molar-refractivity contribution in [1.82, 2.24) is 15.1 Å². The molecule has 0 spiro atoms. The third-order valence-corrected chi connectivity index (χ3v) is 5.42. The Morgan fingerprint density at radius 1 is 1.18 bits per heavy atom. The highest BCUT2D eigenvalue weighted by Gasteiger charge is 2.42. The van der Waals surface area contributed by atoms with Crippen LogP contribution in [-0.2, 0) is 21.6 Å². The summed E-state index contributed by atoms with van der Waals surface area (Å²) in [6, 6.07) is 11.1. The Morgan fingerprint density at radius 3 is 2.79 bits per heavy atom. The predicted molar refractivity (Wildman–Crippen MR) is 104 cm³/mol. The van der Waals surface area contributed by atoms with Crippen molar-refractivity contribution in [1.29, 1.82) is 0 Å². The van der Waals surface area contributed by atoms with Gasteiger partial charge >= 0.3 is 5.97 Å². The van der Waals surface area contributed by atoms with Crippen LogP contribution in [-0.4, -0.2) is 21.1 Å². The molecule has 2 aromatic heterocycles. The first-order valence-corrected chi connectivity index (χ1v) is 9.71. The van der Waals surface area contributed by atoms with Gasteiger partial charge in [-0.3, -0.25) is 9.78 Å². The topological polar surface area (TPSA) is 78.1 Å². The minimum absolute atomic E-state index is 0.0611. The lowest BCUT2D eigenvalue weighted by molar-refractivity contribution is -0.154. The average molecular weight is 398 g/mol. The summed E-state index contributed by atoms with van der Waals surface area (Å²) in [6.07, 6.45) is 7.89. The predicted octanol–water partition coefficient (Wildman–Crippen LogP) is 4.73. The lowest BCUT2D eigenvalue weighted by Crippen LogP contribution is -2.39. The molecule has 0 radical (unpaired) electrons. The fourth-order valence-corrected chi connectivity index (χ4v) is 3.93. The summed E-state index contributed by atoms with van der Waals surface area (Å²) in [4.78, 5) is 21.4. The van der Waals surface area contributed by atoms with Gasteiger partial charge < -0.3 is 9.26 Å². The number of benzene rings is 1. The van der Waals surface area contributed by atoms with Gasteiger partial charge in [0.2, 0.25) is 5.82 Å². The number of carbonyl (C=O) groups excluding carboxylic acids is 1. The molecule has 4 rings (SSSR count). The Kier molecular flexibility index (Phi) is 5.39. The van der Waals surface area contributed by atoms with E-state index in [0.29, 0.717) is 10.8 Å². The van der Waals surface area contributed by atoms with Crippen LogP contribution in [0.4, 0.5) is 0 Å². The molecule has 0 atom stereocenters. The molecule has 0 N–H and O–H groups in total.